The van der Waals surface area contributed by atoms with E-state index in [4.69, 9.17) is 0 Å². The summed E-state index contributed by atoms with van der Waals surface area (Å²) >= 11 is 6.78. The Kier molecular flexibility index (Phi) is 3.61. The van der Waals surface area contributed by atoms with Crippen LogP contribution in [0.15, 0.2) is 50.6 Å². The number of carbonyl (C=O) groups excluding carboxylic acids is 1. The van der Waals surface area contributed by atoms with E-state index in [1.807, 2.05) is 24.4 Å². The van der Waals surface area contributed by atoms with E-state index >= 15 is 0 Å². The van der Waals surface area contributed by atoms with Gasteiger partial charge in [-0.15, -0.1) is 0 Å². The molecule has 4 rings (SSSR count). The maximum absolute atomic E-state index is 12.7. The zero-order valence-electron chi connectivity index (χ0n) is 11.8. The topological polar surface area (TPSA) is 59.6 Å². The van der Waals surface area contributed by atoms with E-state index in [9.17, 15) is 4.79 Å². The first-order valence-corrected chi connectivity index (χ1v) is 8.60. The Morgan fingerprint density at radius 2 is 2.00 bits per heavy atom. The van der Waals surface area contributed by atoms with Gasteiger partial charge < -0.3 is 0 Å². The van der Waals surface area contributed by atoms with Gasteiger partial charge in [0.15, 0.2) is 0 Å². The number of nitrogens with zero attached hydrogens (tertiary/aromatic N) is 4. The van der Waals surface area contributed by atoms with E-state index in [0.29, 0.717) is 24.2 Å². The van der Waals surface area contributed by atoms with Crippen LogP contribution < -0.4 is 0 Å². The van der Waals surface area contributed by atoms with Gasteiger partial charge in [-0.25, -0.2) is 9.51 Å². The summed E-state index contributed by atoms with van der Waals surface area (Å²) in [7, 11) is 0. The summed E-state index contributed by atoms with van der Waals surface area (Å²) < 4.78 is 3.45. The van der Waals surface area contributed by atoms with Crippen LogP contribution in [0, 0.1) is 0 Å². The summed E-state index contributed by atoms with van der Waals surface area (Å²) in [4.78, 5) is 21.5. The standard InChI is InChI=1S/C16H10Br2N4O/c17-9-1-2-11-6-15(21-22(11)8-9)16(23)13-4-3-12-14(20-13)5-10(18)7-19-12/h1-2,5-8H,3-4H2. The van der Waals surface area contributed by atoms with Crippen molar-refractivity contribution in [2.45, 2.75) is 12.8 Å². The quantitative estimate of drug-likeness (QED) is 0.570. The lowest BCUT2D eigenvalue weighted by molar-refractivity contribution is 0.105. The van der Waals surface area contributed by atoms with E-state index in [0.717, 1.165) is 25.8 Å². The summed E-state index contributed by atoms with van der Waals surface area (Å²) in [5.74, 6) is -0.129. The molecule has 4 heterocycles. The van der Waals surface area contributed by atoms with Crippen LogP contribution >= 0.6 is 31.9 Å². The van der Waals surface area contributed by atoms with Crippen molar-refractivity contribution in [1.82, 2.24) is 14.6 Å². The summed E-state index contributed by atoms with van der Waals surface area (Å²) in [5.41, 5.74) is 3.48. The minimum atomic E-state index is -0.129. The second-order valence-corrected chi connectivity index (χ2v) is 7.08. The molecule has 0 saturated carbocycles. The van der Waals surface area contributed by atoms with Crippen molar-refractivity contribution in [2.75, 3.05) is 0 Å². The molecule has 0 spiro atoms. The molecule has 0 aromatic carbocycles. The fourth-order valence-electron chi connectivity index (χ4n) is 2.57. The van der Waals surface area contributed by atoms with E-state index < -0.39 is 0 Å². The van der Waals surface area contributed by atoms with Gasteiger partial charge in [0.1, 0.15) is 5.69 Å². The molecule has 1 aliphatic heterocycles. The van der Waals surface area contributed by atoms with E-state index in [1.165, 1.54) is 0 Å². The van der Waals surface area contributed by atoms with Crippen LogP contribution in [0.3, 0.4) is 0 Å². The molecular formula is C16H10Br2N4O. The number of pyridine rings is 2. The molecule has 0 amide bonds. The lowest BCUT2D eigenvalue weighted by Gasteiger charge is -2.13. The Morgan fingerprint density at radius 3 is 2.87 bits per heavy atom. The number of carbonyl (C=O) groups is 1. The molecule has 5 nitrogen and oxygen atoms in total. The van der Waals surface area contributed by atoms with E-state index in [-0.39, 0.29) is 5.78 Å². The van der Waals surface area contributed by atoms with Crippen molar-refractivity contribution in [2.24, 2.45) is 4.99 Å². The Morgan fingerprint density at radius 1 is 1.13 bits per heavy atom. The van der Waals surface area contributed by atoms with Gasteiger partial charge in [-0.05, 0) is 69.0 Å². The van der Waals surface area contributed by atoms with Crippen LogP contribution in [0.25, 0.3) is 5.52 Å². The molecule has 3 aromatic rings. The predicted molar refractivity (Wildman–Crippen MR) is 94.6 cm³/mol. The lowest BCUT2D eigenvalue weighted by atomic mass is 10.0. The number of aryl methyl sites for hydroxylation is 1. The number of halogens is 2. The first-order valence-electron chi connectivity index (χ1n) is 7.02. The molecule has 0 unspecified atom stereocenters. The van der Waals surface area contributed by atoms with Gasteiger partial charge in [-0.1, -0.05) is 0 Å². The number of hydrogen-bond acceptors (Lipinski definition) is 4. The van der Waals surface area contributed by atoms with Gasteiger partial charge in [0.2, 0.25) is 5.78 Å². The van der Waals surface area contributed by atoms with E-state index in [1.54, 1.807) is 16.8 Å². The molecule has 0 saturated heterocycles. The van der Waals surface area contributed by atoms with Crippen LogP contribution in [0.5, 0.6) is 0 Å². The number of aromatic nitrogens is 3. The third kappa shape index (κ3) is 2.74. The average Bonchev–Trinajstić information content (AvgIpc) is 2.96. The molecule has 3 aromatic heterocycles. The summed E-state index contributed by atoms with van der Waals surface area (Å²) in [5, 5.41) is 4.35. The molecule has 0 bridgehead atoms. The molecular weight excluding hydrogens is 424 g/mol. The monoisotopic (exact) mass is 432 g/mol. The van der Waals surface area contributed by atoms with Gasteiger partial charge in [-0.2, -0.15) is 5.10 Å². The maximum Gasteiger partial charge on any atom is 0.227 e. The van der Waals surface area contributed by atoms with Gasteiger partial charge in [0.05, 0.1) is 22.6 Å². The summed E-state index contributed by atoms with van der Waals surface area (Å²) in [6.45, 7) is 0. The van der Waals surface area contributed by atoms with Crippen molar-refractivity contribution in [3.8, 4) is 0 Å². The van der Waals surface area contributed by atoms with Crippen molar-refractivity contribution < 1.29 is 4.79 Å². The highest BCUT2D eigenvalue weighted by Gasteiger charge is 2.22. The normalized spacial score (nSPS) is 13.7. The smallest absolute Gasteiger partial charge is 0.227 e. The van der Waals surface area contributed by atoms with Crippen LogP contribution in [0.1, 0.15) is 22.6 Å². The number of ketones is 1. The Balaban J connectivity index is 1.73. The van der Waals surface area contributed by atoms with Gasteiger partial charge in [0, 0.05) is 21.3 Å². The zero-order chi connectivity index (χ0) is 16.0. The fourth-order valence-corrected chi connectivity index (χ4v) is 3.21. The molecule has 114 valence electrons. The molecule has 7 heteroatoms. The third-order valence-electron chi connectivity index (χ3n) is 3.69. The van der Waals surface area contributed by atoms with E-state index in [2.05, 4.69) is 46.9 Å². The predicted octanol–water partition coefficient (Wildman–Crippen LogP) is 4.16. The van der Waals surface area contributed by atoms with Crippen LogP contribution in [0.4, 0.5) is 5.69 Å². The minimum absolute atomic E-state index is 0.129. The molecule has 0 fully saturated rings. The molecule has 0 aliphatic carbocycles. The van der Waals surface area contributed by atoms with Gasteiger partial charge >= 0.3 is 0 Å². The highest BCUT2D eigenvalue weighted by molar-refractivity contribution is 9.10. The van der Waals surface area contributed by atoms with Gasteiger partial charge in [-0.3, -0.25) is 9.78 Å². The van der Waals surface area contributed by atoms with Crippen LogP contribution in [-0.4, -0.2) is 26.1 Å². The summed E-state index contributed by atoms with van der Waals surface area (Å²) in [6, 6.07) is 7.50. The molecule has 0 atom stereocenters. The van der Waals surface area contributed by atoms with Crippen LogP contribution in [0.2, 0.25) is 0 Å². The number of rotatable bonds is 2. The Labute approximate surface area is 148 Å². The van der Waals surface area contributed by atoms with Crippen molar-refractivity contribution in [3.05, 3.63) is 57.0 Å². The van der Waals surface area contributed by atoms with Crippen molar-refractivity contribution >= 4 is 54.6 Å². The highest BCUT2D eigenvalue weighted by Crippen LogP contribution is 2.28. The molecule has 23 heavy (non-hydrogen) atoms. The van der Waals surface area contributed by atoms with Crippen molar-refractivity contribution in [1.29, 1.82) is 0 Å². The first kappa shape index (κ1) is 14.7. The Hall–Kier alpha value is -1.86. The molecule has 0 N–H and O–H groups in total. The zero-order valence-corrected chi connectivity index (χ0v) is 15.0. The fraction of sp³-hybridized carbons (Fsp3) is 0.125. The first-order chi connectivity index (χ1) is 11.1. The van der Waals surface area contributed by atoms with Crippen molar-refractivity contribution in [3.63, 3.8) is 0 Å². The number of hydrogen-bond donors (Lipinski definition) is 0. The second kappa shape index (κ2) is 5.65. The number of Topliss-reactive ketones (excluding diaryl/α,β-unsaturated/α-hetero) is 1. The maximum atomic E-state index is 12.7. The number of fused-ring (bicyclic) bond motifs is 2. The third-order valence-corrected chi connectivity index (χ3v) is 4.59. The molecule has 0 radical (unpaired) electrons. The highest BCUT2D eigenvalue weighted by atomic mass is 79.9. The molecule has 1 aliphatic rings. The number of aliphatic imine (C=N–C) groups is 1. The second-order valence-electron chi connectivity index (χ2n) is 5.25. The largest absolute Gasteiger partial charge is 0.285 e. The minimum Gasteiger partial charge on any atom is -0.285 e. The lowest BCUT2D eigenvalue weighted by Crippen LogP contribution is -2.18. The van der Waals surface area contributed by atoms with Gasteiger partial charge in [0.25, 0.3) is 0 Å². The average molecular weight is 434 g/mol. The Bertz CT molecular complexity index is 977. The SMILES string of the molecule is O=C(C1=Nc2cc(Br)cnc2CC1)c1cc2ccc(Br)cn2n1. The van der Waals surface area contributed by atoms with Crippen LogP contribution in [-0.2, 0) is 6.42 Å². The summed E-state index contributed by atoms with van der Waals surface area (Å²) in [6.07, 6.45) is 4.87.